The monoisotopic (exact) mass is 346 g/mol. The van der Waals surface area contributed by atoms with E-state index in [4.69, 9.17) is 4.74 Å². The summed E-state index contributed by atoms with van der Waals surface area (Å²) in [7, 11) is -0.0578. The molecular weight excluding hydrogens is 328 g/mol. The standard InChI is InChI=1S/C16H18N4O3S/c1-10-5-13(11-8-17-20(2)9-11)18-14-7-16(23-3)15(6-12(10)14)19-24(4,21)22/h5-9,19H,1-4H3. The smallest absolute Gasteiger partial charge is 0.229 e. The largest absolute Gasteiger partial charge is 0.494 e. The highest BCUT2D eigenvalue weighted by molar-refractivity contribution is 7.92. The number of nitrogens with zero attached hydrogens (tertiary/aromatic N) is 3. The molecule has 3 rings (SSSR count). The van der Waals surface area contributed by atoms with Crippen molar-refractivity contribution < 1.29 is 13.2 Å². The minimum absolute atomic E-state index is 0.395. The van der Waals surface area contributed by atoms with Crippen LogP contribution >= 0.6 is 0 Å². The van der Waals surface area contributed by atoms with Crippen LogP contribution in [0.3, 0.4) is 0 Å². The van der Waals surface area contributed by atoms with Crippen LogP contribution in [0.1, 0.15) is 5.56 Å². The molecule has 24 heavy (non-hydrogen) atoms. The van der Waals surface area contributed by atoms with Crippen LogP contribution in [0.5, 0.6) is 5.75 Å². The Balaban J connectivity index is 2.19. The van der Waals surface area contributed by atoms with E-state index in [0.29, 0.717) is 11.4 Å². The van der Waals surface area contributed by atoms with Crippen molar-refractivity contribution in [3.63, 3.8) is 0 Å². The van der Waals surface area contributed by atoms with Crippen LogP contribution in [0.4, 0.5) is 5.69 Å². The first-order valence-electron chi connectivity index (χ1n) is 7.23. The van der Waals surface area contributed by atoms with Gasteiger partial charge < -0.3 is 4.74 Å². The van der Waals surface area contributed by atoms with Crippen LogP contribution in [-0.4, -0.2) is 36.5 Å². The summed E-state index contributed by atoms with van der Waals surface area (Å²) >= 11 is 0. The lowest BCUT2D eigenvalue weighted by Gasteiger charge is -2.13. The molecule has 0 saturated carbocycles. The molecule has 126 valence electrons. The van der Waals surface area contributed by atoms with E-state index >= 15 is 0 Å². The molecule has 0 aliphatic heterocycles. The summed E-state index contributed by atoms with van der Waals surface area (Å²) in [6, 6.07) is 5.43. The maximum atomic E-state index is 11.5. The third kappa shape index (κ3) is 3.18. The zero-order valence-corrected chi connectivity index (χ0v) is 14.7. The lowest BCUT2D eigenvalue weighted by molar-refractivity contribution is 0.417. The van der Waals surface area contributed by atoms with Crippen molar-refractivity contribution in [2.45, 2.75) is 6.92 Å². The average molecular weight is 346 g/mol. The second kappa shape index (κ2) is 5.79. The molecule has 1 N–H and O–H groups in total. The highest BCUT2D eigenvalue weighted by Crippen LogP contribution is 2.33. The van der Waals surface area contributed by atoms with Crippen LogP contribution < -0.4 is 9.46 Å². The van der Waals surface area contributed by atoms with E-state index in [1.807, 2.05) is 26.2 Å². The fourth-order valence-electron chi connectivity index (χ4n) is 2.57. The van der Waals surface area contributed by atoms with Gasteiger partial charge in [-0.3, -0.25) is 9.40 Å². The second-order valence-corrected chi connectivity index (χ2v) is 7.42. The number of sulfonamides is 1. The number of hydrogen-bond acceptors (Lipinski definition) is 5. The maximum absolute atomic E-state index is 11.5. The third-order valence-electron chi connectivity index (χ3n) is 3.63. The Morgan fingerprint density at radius 1 is 1.25 bits per heavy atom. The molecule has 0 aliphatic rings. The predicted molar refractivity (Wildman–Crippen MR) is 93.7 cm³/mol. The number of methoxy groups -OCH3 is 1. The van der Waals surface area contributed by atoms with Gasteiger partial charge in [0.05, 0.1) is 36.5 Å². The summed E-state index contributed by atoms with van der Waals surface area (Å²) in [5.74, 6) is 0.420. The van der Waals surface area contributed by atoms with Gasteiger partial charge >= 0.3 is 0 Å². The Kier molecular flexibility index (Phi) is 3.92. The Labute approximate surface area is 140 Å². The van der Waals surface area contributed by atoms with Crippen LogP contribution in [0.2, 0.25) is 0 Å². The van der Waals surface area contributed by atoms with E-state index in [9.17, 15) is 8.42 Å². The van der Waals surface area contributed by atoms with Gasteiger partial charge in [0, 0.05) is 30.3 Å². The molecule has 0 spiro atoms. The van der Waals surface area contributed by atoms with Crippen molar-refractivity contribution in [2.24, 2.45) is 7.05 Å². The lowest BCUT2D eigenvalue weighted by Crippen LogP contribution is -2.10. The maximum Gasteiger partial charge on any atom is 0.229 e. The number of rotatable bonds is 4. The van der Waals surface area contributed by atoms with E-state index in [0.717, 1.165) is 34.0 Å². The van der Waals surface area contributed by atoms with Gasteiger partial charge in [-0.2, -0.15) is 5.10 Å². The van der Waals surface area contributed by atoms with Gasteiger partial charge in [-0.15, -0.1) is 0 Å². The number of benzene rings is 1. The summed E-state index contributed by atoms with van der Waals surface area (Å²) in [5.41, 5.74) is 3.83. The molecule has 2 heterocycles. The molecule has 0 atom stereocenters. The molecule has 7 nitrogen and oxygen atoms in total. The molecule has 2 aromatic heterocycles. The SMILES string of the molecule is COc1cc2nc(-c3cnn(C)c3)cc(C)c2cc1NS(C)(=O)=O. The van der Waals surface area contributed by atoms with E-state index < -0.39 is 10.0 Å². The van der Waals surface area contributed by atoms with E-state index in [2.05, 4.69) is 14.8 Å². The van der Waals surface area contributed by atoms with Gasteiger partial charge in [0.15, 0.2) is 0 Å². The molecule has 1 aromatic carbocycles. The molecule has 3 aromatic rings. The first kappa shape index (κ1) is 16.3. The van der Waals surface area contributed by atoms with Gasteiger partial charge in [-0.05, 0) is 24.6 Å². The van der Waals surface area contributed by atoms with Crippen LogP contribution in [0, 0.1) is 6.92 Å². The van der Waals surface area contributed by atoms with Gasteiger partial charge in [0.25, 0.3) is 0 Å². The lowest BCUT2D eigenvalue weighted by atomic mass is 10.1. The molecule has 0 saturated heterocycles. The van der Waals surface area contributed by atoms with E-state index in [-0.39, 0.29) is 0 Å². The molecule has 0 amide bonds. The fraction of sp³-hybridized carbons (Fsp3) is 0.250. The van der Waals surface area contributed by atoms with Crippen molar-refractivity contribution in [3.05, 3.63) is 36.2 Å². The van der Waals surface area contributed by atoms with Crippen LogP contribution in [0.15, 0.2) is 30.6 Å². The van der Waals surface area contributed by atoms with Gasteiger partial charge in [-0.25, -0.2) is 13.4 Å². The molecule has 0 radical (unpaired) electrons. The molecule has 0 fully saturated rings. The molecule has 8 heteroatoms. The van der Waals surface area contributed by atoms with E-state index in [1.54, 1.807) is 23.0 Å². The molecule has 0 aliphatic carbocycles. The number of nitrogens with one attached hydrogen (secondary N) is 1. The minimum Gasteiger partial charge on any atom is -0.494 e. The summed E-state index contributed by atoms with van der Waals surface area (Å²) in [4.78, 5) is 4.66. The molecular formula is C16H18N4O3S. The Morgan fingerprint density at radius 2 is 2.00 bits per heavy atom. The van der Waals surface area contributed by atoms with Crippen molar-refractivity contribution in [1.29, 1.82) is 0 Å². The van der Waals surface area contributed by atoms with Crippen LogP contribution in [0.25, 0.3) is 22.2 Å². The topological polar surface area (TPSA) is 86.1 Å². The van der Waals surface area contributed by atoms with Crippen molar-refractivity contribution >= 4 is 26.6 Å². The number of fused-ring (bicyclic) bond motifs is 1. The average Bonchev–Trinajstić information content (AvgIpc) is 2.92. The quantitative estimate of drug-likeness (QED) is 0.783. The summed E-state index contributed by atoms with van der Waals surface area (Å²) in [6.45, 7) is 1.96. The Morgan fingerprint density at radius 3 is 2.58 bits per heavy atom. The zero-order valence-electron chi connectivity index (χ0n) is 13.9. The summed E-state index contributed by atoms with van der Waals surface area (Å²) in [5, 5.41) is 5.02. The Bertz CT molecular complexity index is 1030. The number of anilines is 1. The highest BCUT2D eigenvalue weighted by atomic mass is 32.2. The first-order valence-corrected chi connectivity index (χ1v) is 9.12. The van der Waals surface area contributed by atoms with Gasteiger partial charge in [0.1, 0.15) is 5.75 Å². The first-order chi connectivity index (χ1) is 11.3. The van der Waals surface area contributed by atoms with Crippen molar-refractivity contribution in [2.75, 3.05) is 18.1 Å². The molecule has 0 unspecified atom stereocenters. The normalized spacial score (nSPS) is 11.7. The fourth-order valence-corrected chi connectivity index (χ4v) is 3.13. The number of hydrogen-bond donors (Lipinski definition) is 1. The number of aromatic nitrogens is 3. The van der Waals surface area contributed by atoms with Crippen molar-refractivity contribution in [3.8, 4) is 17.0 Å². The molecule has 0 bridgehead atoms. The number of pyridine rings is 1. The highest BCUT2D eigenvalue weighted by Gasteiger charge is 2.13. The van der Waals surface area contributed by atoms with E-state index in [1.165, 1.54) is 7.11 Å². The number of aryl methyl sites for hydroxylation is 2. The van der Waals surface area contributed by atoms with Gasteiger partial charge in [-0.1, -0.05) is 0 Å². The summed E-state index contributed by atoms with van der Waals surface area (Å²) in [6.07, 6.45) is 4.75. The van der Waals surface area contributed by atoms with Crippen molar-refractivity contribution in [1.82, 2.24) is 14.8 Å². The third-order valence-corrected chi connectivity index (χ3v) is 4.22. The zero-order chi connectivity index (χ0) is 17.5. The number of ether oxygens (including phenoxy) is 1. The summed E-state index contributed by atoms with van der Waals surface area (Å²) < 4.78 is 32.6. The predicted octanol–water partition coefficient (Wildman–Crippen LogP) is 2.32. The van der Waals surface area contributed by atoms with Gasteiger partial charge in [0.2, 0.25) is 10.0 Å². The Hall–Kier alpha value is -2.61. The van der Waals surface area contributed by atoms with Crippen LogP contribution in [-0.2, 0) is 17.1 Å². The second-order valence-electron chi connectivity index (χ2n) is 5.67. The minimum atomic E-state index is -3.40.